The Morgan fingerprint density at radius 2 is 1.73 bits per heavy atom. The molecule has 0 bridgehead atoms. The van der Waals surface area contributed by atoms with Gasteiger partial charge in [-0.05, 0) is 55.3 Å². The molecule has 0 spiro atoms. The van der Waals surface area contributed by atoms with E-state index < -0.39 is 0 Å². The molecule has 0 N–H and O–H groups in total. The van der Waals surface area contributed by atoms with Crippen LogP contribution >= 0.6 is 0 Å². The van der Waals surface area contributed by atoms with Gasteiger partial charge in [-0.1, -0.05) is 39.0 Å². The summed E-state index contributed by atoms with van der Waals surface area (Å²) in [4.78, 5) is 18.0. The fourth-order valence-electron chi connectivity index (χ4n) is 4.41. The van der Waals surface area contributed by atoms with Gasteiger partial charge in [0.25, 0.3) is 0 Å². The second-order valence-electron chi connectivity index (χ2n) is 7.85. The lowest BCUT2D eigenvalue weighted by atomic mass is 9.82. The molecule has 1 heterocycles. The van der Waals surface area contributed by atoms with Crippen LogP contribution in [0.1, 0.15) is 37.8 Å². The van der Waals surface area contributed by atoms with Crippen LogP contribution in [-0.4, -0.2) is 51.2 Å². The number of hydrogen-bond donors (Lipinski definition) is 0. The minimum atomic E-state index is -0.132. The second kappa shape index (κ2) is 9.98. The Kier molecular flexibility index (Phi) is 7.38. The minimum Gasteiger partial charge on any atom is -0.497 e. The Balaban J connectivity index is 2.01. The van der Waals surface area contributed by atoms with E-state index in [1.54, 1.807) is 14.2 Å². The van der Waals surface area contributed by atoms with Gasteiger partial charge in [-0.15, -0.1) is 0 Å². The highest BCUT2D eigenvalue weighted by Crippen LogP contribution is 2.41. The van der Waals surface area contributed by atoms with Crippen molar-refractivity contribution >= 4 is 11.6 Å². The largest absolute Gasteiger partial charge is 0.497 e. The number of carbonyl (C=O) groups is 1. The highest BCUT2D eigenvalue weighted by Gasteiger charge is 2.36. The van der Waals surface area contributed by atoms with Gasteiger partial charge < -0.3 is 19.3 Å². The summed E-state index contributed by atoms with van der Waals surface area (Å²) in [6, 6.07) is 14.1. The summed E-state index contributed by atoms with van der Waals surface area (Å²) in [6.07, 6.45) is 0.764. The van der Waals surface area contributed by atoms with Crippen LogP contribution in [0.2, 0.25) is 0 Å². The summed E-state index contributed by atoms with van der Waals surface area (Å²) < 4.78 is 11.0. The van der Waals surface area contributed by atoms with Crippen molar-refractivity contribution in [1.29, 1.82) is 0 Å². The second-order valence-corrected chi connectivity index (χ2v) is 7.85. The van der Waals surface area contributed by atoms with Gasteiger partial charge in [0.1, 0.15) is 11.5 Å². The van der Waals surface area contributed by atoms with E-state index in [-0.39, 0.29) is 17.7 Å². The van der Waals surface area contributed by atoms with Crippen LogP contribution in [0, 0.1) is 5.92 Å². The summed E-state index contributed by atoms with van der Waals surface area (Å²) in [5.41, 5.74) is 3.24. The average molecular weight is 411 g/mol. The predicted molar refractivity (Wildman–Crippen MR) is 122 cm³/mol. The lowest BCUT2D eigenvalue weighted by Gasteiger charge is -2.29. The lowest BCUT2D eigenvalue weighted by Crippen LogP contribution is -2.41. The molecule has 3 rings (SSSR count). The Morgan fingerprint density at radius 1 is 1.03 bits per heavy atom. The average Bonchev–Trinajstić information content (AvgIpc) is 2.89. The van der Waals surface area contributed by atoms with E-state index in [2.05, 4.69) is 43.9 Å². The Hall–Kier alpha value is -2.53. The molecule has 0 aromatic heterocycles. The number of fused-ring (bicyclic) bond motifs is 1. The normalized spacial score (nSPS) is 18.9. The van der Waals surface area contributed by atoms with E-state index in [1.165, 1.54) is 0 Å². The van der Waals surface area contributed by atoms with Gasteiger partial charge in [0, 0.05) is 24.6 Å². The topological polar surface area (TPSA) is 42.0 Å². The van der Waals surface area contributed by atoms with E-state index in [0.717, 1.165) is 54.4 Å². The zero-order valence-corrected chi connectivity index (χ0v) is 18.9. The van der Waals surface area contributed by atoms with Crippen LogP contribution in [0.4, 0.5) is 5.69 Å². The first-order chi connectivity index (χ1) is 14.5. The molecule has 0 aliphatic carbocycles. The molecule has 1 aliphatic rings. The van der Waals surface area contributed by atoms with E-state index in [9.17, 15) is 4.79 Å². The van der Waals surface area contributed by atoms with Gasteiger partial charge in [-0.3, -0.25) is 4.79 Å². The Morgan fingerprint density at radius 3 is 2.33 bits per heavy atom. The van der Waals surface area contributed by atoms with Crippen molar-refractivity contribution in [3.8, 4) is 11.5 Å². The standard InChI is InChI=1S/C25H34N2O3/c1-6-26(7-2)15-16-27-23-9-8-10-24(30-5)22(23)17-21(18(3)25(27)28)19-11-13-20(29-4)14-12-19/h8-14,18,21H,6-7,15-17H2,1-5H3/t18-,21-/m1/s1. The molecule has 162 valence electrons. The number of rotatable bonds is 8. The summed E-state index contributed by atoms with van der Waals surface area (Å²) in [7, 11) is 3.37. The molecule has 5 nitrogen and oxygen atoms in total. The Labute approximate surface area is 180 Å². The van der Waals surface area contributed by atoms with Crippen LogP contribution in [-0.2, 0) is 11.2 Å². The van der Waals surface area contributed by atoms with E-state index in [1.807, 2.05) is 29.2 Å². The maximum atomic E-state index is 13.6. The molecule has 5 heteroatoms. The zero-order chi connectivity index (χ0) is 21.7. The molecule has 1 aliphatic heterocycles. The van der Waals surface area contributed by atoms with Crippen molar-refractivity contribution in [3.63, 3.8) is 0 Å². The SMILES string of the molecule is CCN(CC)CCN1C(=O)[C@H](C)[C@H](c2ccc(OC)cc2)Cc2c(OC)cccc21. The van der Waals surface area contributed by atoms with Crippen molar-refractivity contribution in [1.82, 2.24) is 4.90 Å². The fourth-order valence-corrected chi connectivity index (χ4v) is 4.41. The number of ether oxygens (including phenoxy) is 2. The quantitative estimate of drug-likeness (QED) is 0.649. The van der Waals surface area contributed by atoms with Crippen LogP contribution in [0.3, 0.4) is 0 Å². The molecule has 0 radical (unpaired) electrons. The van der Waals surface area contributed by atoms with Crippen LogP contribution in [0.5, 0.6) is 11.5 Å². The maximum absolute atomic E-state index is 13.6. The number of amides is 1. The fraction of sp³-hybridized carbons (Fsp3) is 0.480. The molecule has 2 aromatic rings. The predicted octanol–water partition coefficient (Wildman–Crippen LogP) is 4.35. The smallest absolute Gasteiger partial charge is 0.230 e. The third-order valence-corrected chi connectivity index (χ3v) is 6.38. The van der Waals surface area contributed by atoms with Crippen molar-refractivity contribution in [2.45, 2.75) is 33.1 Å². The van der Waals surface area contributed by atoms with Crippen LogP contribution in [0.25, 0.3) is 0 Å². The van der Waals surface area contributed by atoms with Gasteiger partial charge >= 0.3 is 0 Å². The third-order valence-electron chi connectivity index (χ3n) is 6.38. The van der Waals surface area contributed by atoms with Crippen LogP contribution in [0.15, 0.2) is 42.5 Å². The molecule has 2 atom stereocenters. The van der Waals surface area contributed by atoms with Gasteiger partial charge in [0.2, 0.25) is 5.91 Å². The first-order valence-corrected chi connectivity index (χ1v) is 10.9. The number of nitrogens with zero attached hydrogens (tertiary/aromatic N) is 2. The van der Waals surface area contributed by atoms with Gasteiger partial charge in [-0.2, -0.15) is 0 Å². The number of anilines is 1. The summed E-state index contributed by atoms with van der Waals surface area (Å²) in [6.45, 7) is 9.87. The highest BCUT2D eigenvalue weighted by atomic mass is 16.5. The molecule has 0 fully saturated rings. The number of hydrogen-bond acceptors (Lipinski definition) is 4. The highest BCUT2D eigenvalue weighted by molar-refractivity contribution is 5.97. The first-order valence-electron chi connectivity index (χ1n) is 10.9. The summed E-state index contributed by atoms with van der Waals surface area (Å²) in [5, 5.41) is 0. The molecular formula is C25H34N2O3. The zero-order valence-electron chi connectivity index (χ0n) is 18.9. The molecule has 30 heavy (non-hydrogen) atoms. The molecule has 2 aromatic carbocycles. The maximum Gasteiger partial charge on any atom is 0.230 e. The number of carbonyl (C=O) groups excluding carboxylic acids is 1. The van der Waals surface area contributed by atoms with Gasteiger partial charge in [0.05, 0.1) is 19.9 Å². The van der Waals surface area contributed by atoms with Gasteiger partial charge in [-0.25, -0.2) is 0 Å². The molecular weight excluding hydrogens is 376 g/mol. The van der Waals surface area contributed by atoms with E-state index in [4.69, 9.17) is 9.47 Å². The van der Waals surface area contributed by atoms with Crippen molar-refractivity contribution in [2.75, 3.05) is 45.3 Å². The van der Waals surface area contributed by atoms with Crippen molar-refractivity contribution < 1.29 is 14.3 Å². The molecule has 0 saturated carbocycles. The third kappa shape index (κ3) is 4.46. The summed E-state index contributed by atoms with van der Waals surface area (Å²) >= 11 is 0. The van der Waals surface area contributed by atoms with Gasteiger partial charge in [0.15, 0.2) is 0 Å². The summed E-state index contributed by atoms with van der Waals surface area (Å²) in [5.74, 6) is 1.80. The minimum absolute atomic E-state index is 0.0805. The van der Waals surface area contributed by atoms with Crippen molar-refractivity contribution in [3.05, 3.63) is 53.6 Å². The molecule has 0 unspecified atom stereocenters. The lowest BCUT2D eigenvalue weighted by molar-refractivity contribution is -0.122. The molecule has 0 saturated heterocycles. The van der Waals surface area contributed by atoms with Crippen molar-refractivity contribution in [2.24, 2.45) is 5.92 Å². The number of benzene rings is 2. The van der Waals surface area contributed by atoms with E-state index in [0.29, 0.717) is 6.54 Å². The Bertz CT molecular complexity index is 846. The number of methoxy groups -OCH3 is 2. The first kappa shape index (κ1) is 22.2. The molecule has 1 amide bonds. The number of likely N-dealkylation sites (N-methyl/N-ethyl adjacent to an activating group) is 1. The van der Waals surface area contributed by atoms with E-state index >= 15 is 0 Å². The monoisotopic (exact) mass is 410 g/mol. The van der Waals surface area contributed by atoms with Crippen LogP contribution < -0.4 is 14.4 Å².